The Hall–Kier alpha value is -2.61. The molecule has 0 aliphatic heterocycles. The normalized spacial score (nSPS) is 15.8. The zero-order chi connectivity index (χ0) is 14.1. The van der Waals surface area contributed by atoms with Crippen molar-refractivity contribution in [2.24, 2.45) is 5.92 Å². The van der Waals surface area contributed by atoms with E-state index >= 15 is 0 Å². The molecule has 1 atom stereocenters. The predicted octanol–water partition coefficient (Wildman–Crippen LogP) is 4.37. The van der Waals surface area contributed by atoms with Gasteiger partial charge in [0, 0.05) is 17.5 Å². The maximum atomic E-state index is 4.78. The summed E-state index contributed by atoms with van der Waals surface area (Å²) in [6.07, 6.45) is 10.9. The molecule has 21 heavy (non-hydrogen) atoms. The maximum absolute atomic E-state index is 4.78. The van der Waals surface area contributed by atoms with Crippen LogP contribution in [0.25, 0.3) is 10.9 Å². The van der Waals surface area contributed by atoms with E-state index in [1.54, 1.807) is 0 Å². The summed E-state index contributed by atoms with van der Waals surface area (Å²) in [4.78, 5) is 0. The van der Waals surface area contributed by atoms with Crippen LogP contribution in [0.4, 0.5) is 0 Å². The SMILES string of the molecule is C1=CC(C(c2ccccc2)n2cc3ccccc3n2)C=C1. The summed E-state index contributed by atoms with van der Waals surface area (Å²) in [5, 5.41) is 5.97. The molecule has 0 radical (unpaired) electrons. The van der Waals surface area contributed by atoms with E-state index in [2.05, 4.69) is 83.7 Å². The van der Waals surface area contributed by atoms with Gasteiger partial charge in [0.25, 0.3) is 0 Å². The van der Waals surface area contributed by atoms with Gasteiger partial charge in [0.2, 0.25) is 0 Å². The minimum Gasteiger partial charge on any atom is -0.263 e. The number of hydrogen-bond acceptors (Lipinski definition) is 1. The van der Waals surface area contributed by atoms with Gasteiger partial charge in [-0.2, -0.15) is 5.10 Å². The van der Waals surface area contributed by atoms with Gasteiger partial charge in [-0.05, 0) is 11.6 Å². The van der Waals surface area contributed by atoms with Crippen LogP contribution in [0.2, 0.25) is 0 Å². The molecule has 1 heterocycles. The Morgan fingerprint density at radius 3 is 2.33 bits per heavy atom. The molecular formula is C19H16N2. The first-order valence-corrected chi connectivity index (χ1v) is 7.26. The van der Waals surface area contributed by atoms with Gasteiger partial charge in [-0.3, -0.25) is 4.68 Å². The molecule has 2 aromatic carbocycles. The molecule has 102 valence electrons. The molecule has 0 bridgehead atoms. The highest BCUT2D eigenvalue weighted by Crippen LogP contribution is 2.31. The lowest BCUT2D eigenvalue weighted by Gasteiger charge is -2.22. The highest BCUT2D eigenvalue weighted by Gasteiger charge is 2.23. The minimum atomic E-state index is 0.202. The first-order valence-electron chi connectivity index (χ1n) is 7.26. The van der Waals surface area contributed by atoms with Crippen LogP contribution in [-0.4, -0.2) is 9.78 Å². The van der Waals surface area contributed by atoms with E-state index in [1.165, 1.54) is 10.9 Å². The number of rotatable bonds is 3. The minimum absolute atomic E-state index is 0.202. The number of nitrogens with zero attached hydrogens (tertiary/aromatic N) is 2. The van der Waals surface area contributed by atoms with Crippen molar-refractivity contribution in [3.05, 3.63) is 90.7 Å². The average molecular weight is 272 g/mol. The lowest BCUT2D eigenvalue weighted by atomic mass is 9.94. The van der Waals surface area contributed by atoms with Crippen molar-refractivity contribution in [1.29, 1.82) is 0 Å². The molecule has 1 unspecified atom stereocenters. The maximum Gasteiger partial charge on any atom is 0.0923 e. The number of fused-ring (bicyclic) bond motifs is 1. The van der Waals surface area contributed by atoms with Gasteiger partial charge in [-0.15, -0.1) is 0 Å². The van der Waals surface area contributed by atoms with Crippen molar-refractivity contribution in [2.45, 2.75) is 6.04 Å². The summed E-state index contributed by atoms with van der Waals surface area (Å²) in [6, 6.07) is 19.1. The predicted molar refractivity (Wildman–Crippen MR) is 86.1 cm³/mol. The van der Waals surface area contributed by atoms with Crippen molar-refractivity contribution in [3.8, 4) is 0 Å². The van der Waals surface area contributed by atoms with Gasteiger partial charge in [0.15, 0.2) is 0 Å². The zero-order valence-electron chi connectivity index (χ0n) is 11.6. The molecule has 2 heteroatoms. The van der Waals surface area contributed by atoms with E-state index in [-0.39, 0.29) is 6.04 Å². The molecule has 0 saturated heterocycles. The molecule has 0 N–H and O–H groups in total. The highest BCUT2D eigenvalue weighted by molar-refractivity contribution is 5.77. The van der Waals surface area contributed by atoms with Crippen LogP contribution in [0.1, 0.15) is 11.6 Å². The van der Waals surface area contributed by atoms with Gasteiger partial charge in [-0.1, -0.05) is 72.8 Å². The molecule has 0 spiro atoms. The third kappa shape index (κ3) is 2.19. The fourth-order valence-corrected chi connectivity index (χ4v) is 2.99. The molecule has 2 nitrogen and oxygen atoms in total. The summed E-state index contributed by atoms with van der Waals surface area (Å²) in [5.74, 6) is 0.349. The molecule has 3 aromatic rings. The van der Waals surface area contributed by atoms with E-state index in [0.29, 0.717) is 5.92 Å². The van der Waals surface area contributed by atoms with Crippen molar-refractivity contribution in [3.63, 3.8) is 0 Å². The highest BCUT2D eigenvalue weighted by atomic mass is 15.3. The summed E-state index contributed by atoms with van der Waals surface area (Å²) in [6.45, 7) is 0. The Morgan fingerprint density at radius 1 is 0.857 bits per heavy atom. The van der Waals surface area contributed by atoms with E-state index in [1.807, 2.05) is 6.07 Å². The number of benzene rings is 2. The molecule has 1 aliphatic rings. The van der Waals surface area contributed by atoms with Crippen molar-refractivity contribution < 1.29 is 0 Å². The quantitative estimate of drug-likeness (QED) is 0.692. The Kier molecular flexibility index (Phi) is 2.93. The van der Waals surface area contributed by atoms with Crippen LogP contribution >= 0.6 is 0 Å². The lowest BCUT2D eigenvalue weighted by molar-refractivity contribution is 0.469. The first kappa shape index (κ1) is 12.2. The topological polar surface area (TPSA) is 17.8 Å². The van der Waals surface area contributed by atoms with Crippen LogP contribution in [0.15, 0.2) is 85.1 Å². The second-order valence-corrected chi connectivity index (χ2v) is 5.37. The largest absolute Gasteiger partial charge is 0.263 e. The summed E-state index contributed by atoms with van der Waals surface area (Å²) in [7, 11) is 0. The molecule has 0 amide bonds. The fraction of sp³-hybridized carbons (Fsp3) is 0.105. The third-order valence-electron chi connectivity index (χ3n) is 4.00. The van der Waals surface area contributed by atoms with Gasteiger partial charge < -0.3 is 0 Å². The van der Waals surface area contributed by atoms with Crippen molar-refractivity contribution in [1.82, 2.24) is 9.78 Å². The molecular weight excluding hydrogens is 256 g/mol. The third-order valence-corrected chi connectivity index (χ3v) is 4.00. The standard InChI is InChI=1S/C19H16N2/c1-2-8-15(9-3-1)19(16-10-4-5-11-16)21-14-17-12-6-7-13-18(17)20-21/h1-14,16,19H. The van der Waals surface area contributed by atoms with Crippen LogP contribution < -0.4 is 0 Å². The van der Waals surface area contributed by atoms with Crippen molar-refractivity contribution >= 4 is 10.9 Å². The van der Waals surface area contributed by atoms with E-state index < -0.39 is 0 Å². The van der Waals surface area contributed by atoms with Crippen LogP contribution in [0.5, 0.6) is 0 Å². The molecule has 1 aliphatic carbocycles. The van der Waals surface area contributed by atoms with E-state index in [4.69, 9.17) is 5.10 Å². The van der Waals surface area contributed by atoms with Gasteiger partial charge in [0.1, 0.15) is 0 Å². The summed E-state index contributed by atoms with van der Waals surface area (Å²) >= 11 is 0. The molecule has 1 aromatic heterocycles. The smallest absolute Gasteiger partial charge is 0.0923 e. The Labute approximate surface area is 124 Å². The Balaban J connectivity index is 1.85. The average Bonchev–Trinajstić information content (AvgIpc) is 3.18. The van der Waals surface area contributed by atoms with Gasteiger partial charge >= 0.3 is 0 Å². The van der Waals surface area contributed by atoms with E-state index in [9.17, 15) is 0 Å². The Bertz CT molecular complexity index is 767. The van der Waals surface area contributed by atoms with Crippen LogP contribution in [0, 0.1) is 5.92 Å². The lowest BCUT2D eigenvalue weighted by Crippen LogP contribution is -2.18. The van der Waals surface area contributed by atoms with Gasteiger partial charge in [0.05, 0.1) is 11.6 Å². The monoisotopic (exact) mass is 272 g/mol. The first-order chi connectivity index (χ1) is 10.4. The zero-order valence-corrected chi connectivity index (χ0v) is 11.6. The number of hydrogen-bond donors (Lipinski definition) is 0. The fourth-order valence-electron chi connectivity index (χ4n) is 2.99. The number of allylic oxidation sites excluding steroid dienone is 4. The molecule has 0 fully saturated rings. The van der Waals surface area contributed by atoms with Crippen LogP contribution in [-0.2, 0) is 0 Å². The van der Waals surface area contributed by atoms with Gasteiger partial charge in [-0.25, -0.2) is 0 Å². The molecule has 4 rings (SSSR count). The second kappa shape index (κ2) is 5.06. The van der Waals surface area contributed by atoms with Crippen LogP contribution in [0.3, 0.4) is 0 Å². The number of aromatic nitrogens is 2. The molecule has 0 saturated carbocycles. The van der Waals surface area contributed by atoms with Crippen molar-refractivity contribution in [2.75, 3.05) is 0 Å². The second-order valence-electron chi connectivity index (χ2n) is 5.37. The van der Waals surface area contributed by atoms with E-state index in [0.717, 1.165) is 5.52 Å². The summed E-state index contributed by atoms with van der Waals surface area (Å²) < 4.78 is 2.10. The Morgan fingerprint density at radius 2 is 1.57 bits per heavy atom. The summed E-state index contributed by atoms with van der Waals surface area (Å²) in [5.41, 5.74) is 2.33.